The average Bonchev–Trinajstić information content (AvgIpc) is 2.35. The summed E-state index contributed by atoms with van der Waals surface area (Å²) in [6.45, 7) is 1.75. The minimum Gasteiger partial charge on any atom is -0.394 e. The number of hydrogen-bond donors (Lipinski definition) is 5. The van der Waals surface area contributed by atoms with Crippen LogP contribution in [0.25, 0.3) is 0 Å². The van der Waals surface area contributed by atoms with E-state index in [9.17, 15) is 9.59 Å². The zero-order valence-corrected chi connectivity index (χ0v) is 9.91. The normalized spacial score (nSPS) is 15.2. The second-order valence-electron chi connectivity index (χ2n) is 3.37. The molecule has 0 fully saturated rings. The quantitative estimate of drug-likeness (QED) is 0.356. The fourth-order valence-electron chi connectivity index (χ4n) is 0.602. The molecule has 0 amide bonds. The molecule has 17 heavy (non-hydrogen) atoms. The topological polar surface area (TPSA) is 135 Å². The summed E-state index contributed by atoms with van der Waals surface area (Å²) in [4.78, 5) is 20.3. The van der Waals surface area contributed by atoms with E-state index in [1.807, 2.05) is 6.92 Å². The molecule has 0 aliphatic rings. The summed E-state index contributed by atoms with van der Waals surface area (Å²) in [5, 5.41) is 43.1. The van der Waals surface area contributed by atoms with E-state index in [0.717, 1.165) is 0 Å². The highest BCUT2D eigenvalue weighted by atomic mass is 16.4. The van der Waals surface area contributed by atoms with E-state index in [2.05, 4.69) is 0 Å². The van der Waals surface area contributed by atoms with Gasteiger partial charge in [-0.3, -0.25) is 4.79 Å². The first-order valence-corrected chi connectivity index (χ1v) is 5.09. The highest BCUT2D eigenvalue weighted by Gasteiger charge is 2.28. The maximum absolute atomic E-state index is 10.5. The predicted octanol–water partition coefficient (Wildman–Crippen LogP) is -2.39. The third kappa shape index (κ3) is 8.90. The van der Waals surface area contributed by atoms with Gasteiger partial charge in [-0.25, -0.2) is 0 Å². The summed E-state index contributed by atoms with van der Waals surface area (Å²) in [5.74, 6) is -0.750. The molecule has 0 unspecified atom stereocenters. The van der Waals surface area contributed by atoms with E-state index >= 15 is 0 Å². The van der Waals surface area contributed by atoms with Gasteiger partial charge in [0.2, 0.25) is 0 Å². The van der Waals surface area contributed by atoms with Crippen molar-refractivity contribution in [2.24, 2.45) is 0 Å². The van der Waals surface area contributed by atoms with E-state index in [1.165, 1.54) is 0 Å². The lowest BCUT2D eigenvalue weighted by Gasteiger charge is -2.19. The van der Waals surface area contributed by atoms with Crippen LogP contribution < -0.4 is 0 Å². The van der Waals surface area contributed by atoms with Crippen LogP contribution in [0.5, 0.6) is 0 Å². The molecule has 3 atom stereocenters. The Morgan fingerprint density at radius 3 is 1.76 bits per heavy atom. The molecule has 7 heteroatoms. The Kier molecular flexibility index (Phi) is 11.2. The Hall–Kier alpha value is -0.860. The molecule has 0 aromatic carbocycles. The van der Waals surface area contributed by atoms with E-state index in [-0.39, 0.29) is 5.78 Å². The third-order valence-corrected chi connectivity index (χ3v) is 1.89. The van der Waals surface area contributed by atoms with Crippen molar-refractivity contribution in [3.8, 4) is 0 Å². The van der Waals surface area contributed by atoms with Gasteiger partial charge in [-0.2, -0.15) is 0 Å². The Labute approximate surface area is 99.3 Å². The highest BCUT2D eigenvalue weighted by Crippen LogP contribution is 2.00. The van der Waals surface area contributed by atoms with Gasteiger partial charge in [0.05, 0.1) is 6.61 Å². The maximum Gasteiger partial charge on any atom is 0.189 e. The molecule has 102 valence electrons. The molecular weight excluding hydrogens is 232 g/mol. The lowest BCUT2D eigenvalue weighted by Crippen LogP contribution is -2.44. The van der Waals surface area contributed by atoms with E-state index in [1.54, 1.807) is 6.92 Å². The molecule has 0 heterocycles. The molecule has 0 bridgehead atoms. The number of aliphatic hydroxyl groups is 5. The Balaban J connectivity index is 0. The number of aliphatic hydroxyl groups excluding tert-OH is 5. The number of hydrogen-bond acceptors (Lipinski definition) is 7. The van der Waals surface area contributed by atoms with Crippen LogP contribution >= 0.6 is 0 Å². The molecule has 5 N–H and O–H groups in total. The van der Waals surface area contributed by atoms with Crippen molar-refractivity contribution in [2.45, 2.75) is 38.6 Å². The lowest BCUT2D eigenvalue weighted by atomic mass is 10.1. The first kappa shape index (κ1) is 18.5. The number of carbonyl (C=O) groups is 2. The largest absolute Gasteiger partial charge is 0.394 e. The first-order valence-electron chi connectivity index (χ1n) is 5.09. The third-order valence-electron chi connectivity index (χ3n) is 1.89. The molecule has 7 nitrogen and oxygen atoms in total. The smallest absolute Gasteiger partial charge is 0.189 e. The van der Waals surface area contributed by atoms with Crippen LogP contribution in [-0.2, 0) is 9.59 Å². The minimum absolute atomic E-state index is 0.255. The van der Waals surface area contributed by atoms with Crippen LogP contribution in [0, 0.1) is 0 Å². The summed E-state index contributed by atoms with van der Waals surface area (Å²) in [6, 6.07) is 0. The first-order chi connectivity index (χ1) is 7.81. The van der Waals surface area contributed by atoms with Crippen LogP contribution in [0.1, 0.15) is 20.3 Å². The second kappa shape index (κ2) is 10.3. The van der Waals surface area contributed by atoms with Gasteiger partial charge in [-0.05, 0) is 6.92 Å². The zero-order chi connectivity index (χ0) is 14.0. The number of rotatable bonds is 6. The van der Waals surface area contributed by atoms with Gasteiger partial charge >= 0.3 is 0 Å². The molecule has 0 spiro atoms. The van der Waals surface area contributed by atoms with Gasteiger partial charge in [-0.15, -0.1) is 0 Å². The molecule has 0 aromatic rings. The Morgan fingerprint density at radius 2 is 1.53 bits per heavy atom. The molecule has 0 radical (unpaired) electrons. The fourth-order valence-corrected chi connectivity index (χ4v) is 0.602. The van der Waals surface area contributed by atoms with Gasteiger partial charge in [0.1, 0.15) is 30.7 Å². The second-order valence-corrected chi connectivity index (χ2v) is 3.37. The van der Waals surface area contributed by atoms with Crippen molar-refractivity contribution in [1.29, 1.82) is 0 Å². The Bertz CT molecular complexity index is 229. The van der Waals surface area contributed by atoms with Crippen LogP contribution in [0.4, 0.5) is 0 Å². The lowest BCUT2D eigenvalue weighted by molar-refractivity contribution is -0.142. The molecule has 0 saturated heterocycles. The van der Waals surface area contributed by atoms with Crippen LogP contribution in [0.2, 0.25) is 0 Å². The molecule has 0 saturated carbocycles. The summed E-state index contributed by atoms with van der Waals surface area (Å²) in [5.41, 5.74) is 0. The number of ketones is 2. The molecule has 0 aromatic heterocycles. The van der Waals surface area contributed by atoms with Crippen LogP contribution in [-0.4, -0.2) is 68.6 Å². The van der Waals surface area contributed by atoms with Gasteiger partial charge in [0.25, 0.3) is 0 Å². The average molecular weight is 252 g/mol. The SMILES string of the molecule is CCC(C)=O.O=C(CO)[C@H](O)[C@@H](O)[C@H](O)CO. The predicted molar refractivity (Wildman–Crippen MR) is 58.2 cm³/mol. The van der Waals surface area contributed by atoms with E-state index in [4.69, 9.17) is 25.5 Å². The molecule has 0 rings (SSSR count). The van der Waals surface area contributed by atoms with Crippen LogP contribution in [0.3, 0.4) is 0 Å². The number of carbonyl (C=O) groups excluding carboxylic acids is 2. The Morgan fingerprint density at radius 1 is 1.12 bits per heavy atom. The monoisotopic (exact) mass is 252 g/mol. The van der Waals surface area contributed by atoms with Crippen molar-refractivity contribution >= 4 is 11.6 Å². The van der Waals surface area contributed by atoms with E-state index < -0.39 is 37.3 Å². The summed E-state index contributed by atoms with van der Waals surface area (Å²) in [7, 11) is 0. The van der Waals surface area contributed by atoms with Crippen molar-refractivity contribution in [1.82, 2.24) is 0 Å². The molecule has 0 aliphatic carbocycles. The van der Waals surface area contributed by atoms with E-state index in [0.29, 0.717) is 6.42 Å². The van der Waals surface area contributed by atoms with Gasteiger partial charge in [0.15, 0.2) is 5.78 Å². The van der Waals surface area contributed by atoms with Crippen molar-refractivity contribution in [2.75, 3.05) is 13.2 Å². The van der Waals surface area contributed by atoms with Crippen molar-refractivity contribution in [3.05, 3.63) is 0 Å². The zero-order valence-electron chi connectivity index (χ0n) is 9.91. The molecular formula is C10H20O7. The van der Waals surface area contributed by atoms with Gasteiger partial charge < -0.3 is 30.3 Å². The highest BCUT2D eigenvalue weighted by molar-refractivity contribution is 5.84. The fraction of sp³-hybridized carbons (Fsp3) is 0.800. The number of Topliss-reactive ketones (excluding diaryl/α,β-unsaturated/α-hetero) is 2. The summed E-state index contributed by atoms with van der Waals surface area (Å²) >= 11 is 0. The standard InChI is InChI=1S/C6H12O6.C4H8O/c7-1-3(9)5(11)6(12)4(10)2-8;1-3-4(2)5/h3,5-9,11-12H,1-2H2;3H2,1-2H3/t3-,5+,6+;/m1./s1. The van der Waals surface area contributed by atoms with Crippen LogP contribution in [0.15, 0.2) is 0 Å². The summed E-state index contributed by atoms with van der Waals surface area (Å²) in [6.07, 6.45) is -4.55. The van der Waals surface area contributed by atoms with Gasteiger partial charge in [-0.1, -0.05) is 6.92 Å². The van der Waals surface area contributed by atoms with Crippen molar-refractivity contribution in [3.63, 3.8) is 0 Å². The van der Waals surface area contributed by atoms with Crippen molar-refractivity contribution < 1.29 is 35.1 Å². The summed E-state index contributed by atoms with van der Waals surface area (Å²) < 4.78 is 0. The minimum atomic E-state index is -1.86. The maximum atomic E-state index is 10.5. The van der Waals surface area contributed by atoms with Gasteiger partial charge in [0, 0.05) is 6.42 Å². The molecule has 0 aliphatic heterocycles.